The number of aliphatic hydroxyl groups is 1. The van der Waals surface area contributed by atoms with Crippen LogP contribution in [-0.4, -0.2) is 54.6 Å². The Morgan fingerprint density at radius 1 is 0.634 bits per heavy atom. The van der Waals surface area contributed by atoms with Gasteiger partial charge in [0, 0.05) is 12.8 Å². The van der Waals surface area contributed by atoms with E-state index in [-0.39, 0.29) is 0 Å². The van der Waals surface area contributed by atoms with Crippen LogP contribution in [0, 0.1) is 0 Å². The fraction of sp³-hybridized carbons (Fsp3) is 0.471. The van der Waals surface area contributed by atoms with E-state index in [2.05, 4.69) is 0 Å². The molecule has 6 atom stereocenters. The highest BCUT2D eigenvalue weighted by molar-refractivity contribution is 5.26. The summed E-state index contributed by atoms with van der Waals surface area (Å²) in [5, 5.41) is 11.9. The molecule has 1 saturated heterocycles. The lowest BCUT2D eigenvalue weighted by Gasteiger charge is -2.44. The molecule has 218 valence electrons. The minimum Gasteiger partial charge on any atom is -0.497 e. The molecule has 7 nitrogen and oxygen atoms in total. The Labute approximate surface area is 242 Å². The molecular weight excluding hydrogens is 520 g/mol. The molecule has 3 aromatic rings. The second-order valence-corrected chi connectivity index (χ2v) is 11.3. The summed E-state index contributed by atoms with van der Waals surface area (Å²) in [7, 11) is 1.65. The van der Waals surface area contributed by atoms with Gasteiger partial charge in [0.1, 0.15) is 42.4 Å². The Morgan fingerprint density at radius 3 is 1.68 bits per heavy atom. The molecule has 0 unspecified atom stereocenters. The van der Waals surface area contributed by atoms with Crippen LogP contribution in [0.3, 0.4) is 0 Å². The first-order chi connectivity index (χ1) is 20.1. The molecule has 3 fully saturated rings. The van der Waals surface area contributed by atoms with Crippen LogP contribution in [0.1, 0.15) is 48.8 Å². The van der Waals surface area contributed by atoms with Gasteiger partial charge < -0.3 is 33.5 Å². The summed E-state index contributed by atoms with van der Waals surface area (Å²) in [5.74, 6) is 0.101. The molecule has 0 aromatic heterocycles. The summed E-state index contributed by atoms with van der Waals surface area (Å²) >= 11 is 0. The number of hydrogen-bond donors (Lipinski definition) is 1. The number of hydrogen-bond acceptors (Lipinski definition) is 7. The van der Waals surface area contributed by atoms with E-state index in [0.717, 1.165) is 48.1 Å². The molecule has 0 amide bonds. The van der Waals surface area contributed by atoms with Crippen molar-refractivity contribution >= 4 is 0 Å². The Kier molecular flexibility index (Phi) is 9.01. The van der Waals surface area contributed by atoms with Crippen molar-refractivity contribution in [2.75, 3.05) is 7.11 Å². The zero-order valence-corrected chi connectivity index (χ0v) is 23.6. The molecule has 1 spiro atoms. The Balaban J connectivity index is 1.27. The van der Waals surface area contributed by atoms with Crippen molar-refractivity contribution in [2.24, 2.45) is 0 Å². The number of ether oxygens (including phenoxy) is 6. The van der Waals surface area contributed by atoms with Crippen LogP contribution in [0.4, 0.5) is 0 Å². The lowest BCUT2D eigenvalue weighted by atomic mass is 9.84. The molecule has 1 aliphatic heterocycles. The van der Waals surface area contributed by atoms with Gasteiger partial charge in [-0.1, -0.05) is 79.2 Å². The van der Waals surface area contributed by atoms with Gasteiger partial charge in [0.25, 0.3) is 0 Å². The maximum Gasteiger partial charge on any atom is 0.169 e. The van der Waals surface area contributed by atoms with Gasteiger partial charge in [-0.2, -0.15) is 0 Å². The first-order valence-electron chi connectivity index (χ1n) is 14.7. The van der Waals surface area contributed by atoms with Gasteiger partial charge in [-0.05, 0) is 41.7 Å². The normalized spacial score (nSPS) is 28.8. The van der Waals surface area contributed by atoms with Crippen molar-refractivity contribution in [2.45, 2.75) is 94.3 Å². The van der Waals surface area contributed by atoms with Crippen LogP contribution in [0.5, 0.6) is 5.75 Å². The van der Waals surface area contributed by atoms with E-state index in [9.17, 15) is 5.11 Å². The Bertz CT molecular complexity index is 1210. The van der Waals surface area contributed by atoms with E-state index in [1.54, 1.807) is 7.11 Å². The fourth-order valence-electron chi connectivity index (χ4n) is 6.28. The van der Waals surface area contributed by atoms with Crippen LogP contribution < -0.4 is 4.74 Å². The predicted octanol–water partition coefficient (Wildman–Crippen LogP) is 5.57. The highest BCUT2D eigenvalue weighted by Gasteiger charge is 2.61. The summed E-state index contributed by atoms with van der Waals surface area (Å²) in [4.78, 5) is 0. The van der Waals surface area contributed by atoms with Gasteiger partial charge in [0.15, 0.2) is 5.79 Å². The average Bonchev–Trinajstić information content (AvgIpc) is 3.38. The molecule has 7 heteroatoms. The van der Waals surface area contributed by atoms with E-state index in [1.165, 1.54) is 6.42 Å². The lowest BCUT2D eigenvalue weighted by molar-refractivity contribution is -0.238. The highest BCUT2D eigenvalue weighted by atomic mass is 16.8. The molecule has 0 bridgehead atoms. The summed E-state index contributed by atoms with van der Waals surface area (Å²) in [6.07, 6.45) is 1.11. The van der Waals surface area contributed by atoms with Crippen LogP contribution in [0.25, 0.3) is 0 Å². The predicted molar refractivity (Wildman–Crippen MR) is 153 cm³/mol. The third-order valence-corrected chi connectivity index (χ3v) is 8.46. The summed E-state index contributed by atoms with van der Waals surface area (Å²) in [6, 6.07) is 27.8. The molecule has 2 saturated carbocycles. The van der Waals surface area contributed by atoms with Crippen molar-refractivity contribution in [3.05, 3.63) is 102 Å². The molecule has 3 aliphatic rings. The molecule has 1 heterocycles. The van der Waals surface area contributed by atoms with Crippen molar-refractivity contribution in [3.63, 3.8) is 0 Å². The number of aliphatic hydroxyl groups excluding tert-OH is 1. The maximum absolute atomic E-state index is 11.9. The minimum absolute atomic E-state index is 0.312. The standard InChI is InChI=1S/C34H40O7/c1-36-27-17-15-26(16-18-27)23-38-30-28(35)29(37-21-24-11-5-2-6-12-24)31(39-22-25-13-7-3-8-14-25)33-32(30)40-34(41-33)19-9-4-10-20-34/h2-3,5-8,11-18,28-33,35H,4,9-10,19-23H2,1H3/t28-,29-,30+,31+,32-,33+/m0/s1. The first-order valence-corrected chi connectivity index (χ1v) is 14.7. The van der Waals surface area contributed by atoms with Crippen molar-refractivity contribution in [1.82, 2.24) is 0 Å². The van der Waals surface area contributed by atoms with Gasteiger partial charge in [-0.25, -0.2) is 0 Å². The van der Waals surface area contributed by atoms with Crippen molar-refractivity contribution in [1.29, 1.82) is 0 Å². The van der Waals surface area contributed by atoms with Crippen LogP contribution in [-0.2, 0) is 43.5 Å². The number of fused-ring (bicyclic) bond motifs is 1. The Hall–Kier alpha value is -2.78. The van der Waals surface area contributed by atoms with Crippen molar-refractivity contribution in [3.8, 4) is 5.75 Å². The SMILES string of the molecule is COc1ccc(CO[C@@H]2[C@@H](O)[C@H](OCc3ccccc3)[C@@H](OCc3ccccc3)[C@H]3OC4(CCCCC4)O[C@H]32)cc1. The number of benzene rings is 3. The smallest absolute Gasteiger partial charge is 0.169 e. The van der Waals surface area contributed by atoms with Gasteiger partial charge in [-0.15, -0.1) is 0 Å². The maximum atomic E-state index is 11.9. The van der Waals surface area contributed by atoms with E-state index in [4.69, 9.17) is 28.4 Å². The molecule has 2 aliphatic carbocycles. The zero-order valence-electron chi connectivity index (χ0n) is 23.6. The second kappa shape index (κ2) is 13.0. The lowest BCUT2D eigenvalue weighted by Crippen LogP contribution is -2.64. The monoisotopic (exact) mass is 560 g/mol. The largest absolute Gasteiger partial charge is 0.497 e. The average molecular weight is 561 g/mol. The summed E-state index contributed by atoms with van der Waals surface area (Å²) in [6.45, 7) is 1.02. The van der Waals surface area contributed by atoms with E-state index in [1.807, 2.05) is 84.9 Å². The third kappa shape index (κ3) is 6.51. The zero-order chi connectivity index (χ0) is 28.1. The van der Waals surface area contributed by atoms with E-state index in [0.29, 0.717) is 19.8 Å². The molecule has 6 rings (SSSR count). The summed E-state index contributed by atoms with van der Waals surface area (Å²) in [5.41, 5.74) is 3.04. The van der Waals surface area contributed by atoms with Crippen LogP contribution in [0.2, 0.25) is 0 Å². The van der Waals surface area contributed by atoms with Gasteiger partial charge >= 0.3 is 0 Å². The first kappa shape index (κ1) is 28.3. The third-order valence-electron chi connectivity index (χ3n) is 8.46. The van der Waals surface area contributed by atoms with Gasteiger partial charge in [0.2, 0.25) is 0 Å². The molecule has 0 radical (unpaired) electrons. The van der Waals surface area contributed by atoms with Crippen LogP contribution in [0.15, 0.2) is 84.9 Å². The van der Waals surface area contributed by atoms with Gasteiger partial charge in [0.05, 0.1) is 26.9 Å². The van der Waals surface area contributed by atoms with Crippen LogP contribution >= 0.6 is 0 Å². The molecule has 3 aromatic carbocycles. The topological polar surface area (TPSA) is 75.6 Å². The van der Waals surface area contributed by atoms with Crippen molar-refractivity contribution < 1.29 is 33.5 Å². The fourth-order valence-corrected chi connectivity index (χ4v) is 6.28. The number of methoxy groups -OCH3 is 1. The molecule has 41 heavy (non-hydrogen) atoms. The molecular formula is C34H40O7. The van der Waals surface area contributed by atoms with E-state index >= 15 is 0 Å². The quantitative estimate of drug-likeness (QED) is 0.348. The number of rotatable bonds is 10. The Morgan fingerprint density at radius 2 is 1.12 bits per heavy atom. The summed E-state index contributed by atoms with van der Waals surface area (Å²) < 4.78 is 38.3. The highest BCUT2D eigenvalue weighted by Crippen LogP contribution is 2.47. The minimum atomic E-state index is -0.985. The van der Waals surface area contributed by atoms with E-state index < -0.39 is 42.4 Å². The van der Waals surface area contributed by atoms with Gasteiger partial charge in [-0.3, -0.25) is 0 Å². The second-order valence-electron chi connectivity index (χ2n) is 11.3. The molecule has 1 N–H and O–H groups in total.